The lowest BCUT2D eigenvalue weighted by Gasteiger charge is -2.25. The fraction of sp³-hybridized carbons (Fsp3) is 0.529. The van der Waals surface area contributed by atoms with Gasteiger partial charge in [0.1, 0.15) is 0 Å². The van der Waals surface area contributed by atoms with Crippen LogP contribution in [0.2, 0.25) is 0 Å². The highest BCUT2D eigenvalue weighted by Crippen LogP contribution is 2.36. The number of hydrazone groups is 1. The zero-order valence-corrected chi connectivity index (χ0v) is 16.2. The van der Waals surface area contributed by atoms with Gasteiger partial charge in [-0.2, -0.15) is 5.10 Å². The van der Waals surface area contributed by atoms with Crippen LogP contribution < -0.4 is 14.9 Å². The molecule has 1 aromatic rings. The van der Waals surface area contributed by atoms with E-state index in [0.717, 1.165) is 23.1 Å². The molecule has 0 aromatic heterocycles. The number of ether oxygens (including phenoxy) is 3. The Morgan fingerprint density at radius 3 is 2.72 bits per heavy atom. The Balaban J connectivity index is 1.96. The van der Waals surface area contributed by atoms with Gasteiger partial charge in [0.05, 0.1) is 43.7 Å². The van der Waals surface area contributed by atoms with Crippen LogP contribution in [0.3, 0.4) is 0 Å². The van der Waals surface area contributed by atoms with Crippen LogP contribution in [0.5, 0.6) is 11.5 Å². The van der Waals surface area contributed by atoms with Gasteiger partial charge in [-0.15, -0.1) is 0 Å². The predicted octanol–water partition coefficient (Wildman–Crippen LogP) is 2.03. The Bertz CT molecular complexity index is 604. The average Bonchev–Trinajstić information content (AvgIpc) is 2.59. The van der Waals surface area contributed by atoms with Crippen molar-refractivity contribution in [3.63, 3.8) is 0 Å². The second kappa shape index (κ2) is 10.4. The molecule has 7 nitrogen and oxygen atoms in total. The highest BCUT2D eigenvalue weighted by Gasteiger charge is 2.14. The van der Waals surface area contributed by atoms with Gasteiger partial charge in [0, 0.05) is 13.1 Å². The van der Waals surface area contributed by atoms with Crippen molar-refractivity contribution >= 4 is 28.1 Å². The number of benzene rings is 1. The number of nitrogens with zero attached hydrogens (tertiary/aromatic N) is 2. The van der Waals surface area contributed by atoms with E-state index in [1.54, 1.807) is 6.21 Å². The number of hydrogen-bond donors (Lipinski definition) is 1. The van der Waals surface area contributed by atoms with Crippen molar-refractivity contribution < 1.29 is 19.0 Å². The molecule has 25 heavy (non-hydrogen) atoms. The van der Waals surface area contributed by atoms with Crippen LogP contribution in [0.4, 0.5) is 0 Å². The standard InChI is InChI=1S/C17H24BrN3O4/c1-3-24-15-10-13(9-14(18)17(15)25-4-2)11-19-20-16(22)12-21-5-7-23-8-6-21/h9-11H,3-8,12H2,1-2H3,(H,20,22)/b19-11-. The summed E-state index contributed by atoms with van der Waals surface area (Å²) in [5.41, 5.74) is 3.35. The second-order valence-corrected chi connectivity index (χ2v) is 6.23. The van der Waals surface area contributed by atoms with Crippen LogP contribution in [0.15, 0.2) is 21.7 Å². The number of nitrogens with one attached hydrogen (secondary N) is 1. The molecule has 1 saturated heterocycles. The number of rotatable bonds is 8. The molecule has 138 valence electrons. The minimum Gasteiger partial charge on any atom is -0.490 e. The topological polar surface area (TPSA) is 72.4 Å². The zero-order valence-electron chi connectivity index (χ0n) is 14.6. The second-order valence-electron chi connectivity index (χ2n) is 5.38. The number of carbonyl (C=O) groups excluding carboxylic acids is 1. The molecule has 1 fully saturated rings. The quantitative estimate of drug-likeness (QED) is 0.521. The lowest BCUT2D eigenvalue weighted by atomic mass is 10.2. The van der Waals surface area contributed by atoms with E-state index < -0.39 is 0 Å². The SMILES string of the molecule is CCOc1cc(/C=N\NC(=O)CN2CCOCC2)cc(Br)c1OCC. The van der Waals surface area contributed by atoms with Gasteiger partial charge < -0.3 is 14.2 Å². The number of carbonyl (C=O) groups is 1. The van der Waals surface area contributed by atoms with E-state index in [1.807, 2.05) is 30.9 Å². The fourth-order valence-electron chi connectivity index (χ4n) is 2.39. The maximum absolute atomic E-state index is 11.9. The van der Waals surface area contributed by atoms with Crippen molar-refractivity contribution in [1.82, 2.24) is 10.3 Å². The van der Waals surface area contributed by atoms with E-state index in [2.05, 4.69) is 26.5 Å². The molecule has 0 spiro atoms. The first-order valence-electron chi connectivity index (χ1n) is 8.35. The fourth-order valence-corrected chi connectivity index (χ4v) is 2.96. The molecule has 1 aromatic carbocycles. The highest BCUT2D eigenvalue weighted by atomic mass is 79.9. The van der Waals surface area contributed by atoms with Crippen LogP contribution >= 0.6 is 15.9 Å². The van der Waals surface area contributed by atoms with E-state index in [9.17, 15) is 4.79 Å². The summed E-state index contributed by atoms with van der Waals surface area (Å²) >= 11 is 3.48. The van der Waals surface area contributed by atoms with Crippen LogP contribution in [0.25, 0.3) is 0 Å². The third-order valence-corrected chi connectivity index (χ3v) is 4.08. The molecule has 1 aliphatic rings. The normalized spacial score (nSPS) is 15.3. The van der Waals surface area contributed by atoms with Crippen molar-refractivity contribution in [2.45, 2.75) is 13.8 Å². The van der Waals surface area contributed by atoms with Crippen molar-refractivity contribution in [2.75, 3.05) is 46.1 Å². The molecule has 0 saturated carbocycles. The summed E-state index contributed by atoms with van der Waals surface area (Å²) in [4.78, 5) is 14.0. The smallest absolute Gasteiger partial charge is 0.254 e. The number of morpholine rings is 1. The van der Waals surface area contributed by atoms with Crippen molar-refractivity contribution in [3.05, 3.63) is 22.2 Å². The van der Waals surface area contributed by atoms with Gasteiger partial charge >= 0.3 is 0 Å². The Morgan fingerprint density at radius 1 is 1.32 bits per heavy atom. The maximum Gasteiger partial charge on any atom is 0.254 e. The molecule has 0 bridgehead atoms. The summed E-state index contributed by atoms with van der Waals surface area (Å²) in [6.45, 7) is 8.08. The van der Waals surface area contributed by atoms with Crippen LogP contribution in [-0.2, 0) is 9.53 Å². The Hall–Kier alpha value is -1.64. The molecule has 0 aliphatic carbocycles. The van der Waals surface area contributed by atoms with E-state index >= 15 is 0 Å². The van der Waals surface area contributed by atoms with Gasteiger partial charge in [-0.3, -0.25) is 9.69 Å². The number of hydrogen-bond acceptors (Lipinski definition) is 6. The third-order valence-electron chi connectivity index (χ3n) is 3.49. The molecular weight excluding hydrogens is 390 g/mol. The van der Waals surface area contributed by atoms with Crippen LogP contribution in [0.1, 0.15) is 19.4 Å². The predicted molar refractivity (Wildman–Crippen MR) is 99.5 cm³/mol. The average molecular weight is 414 g/mol. The number of halogens is 1. The monoisotopic (exact) mass is 413 g/mol. The largest absolute Gasteiger partial charge is 0.490 e. The first-order chi connectivity index (χ1) is 12.1. The minimum absolute atomic E-state index is 0.145. The van der Waals surface area contributed by atoms with Crippen LogP contribution in [0, 0.1) is 0 Å². The molecule has 0 atom stereocenters. The van der Waals surface area contributed by atoms with E-state index in [4.69, 9.17) is 14.2 Å². The summed E-state index contributed by atoms with van der Waals surface area (Å²) in [5, 5.41) is 4.03. The van der Waals surface area contributed by atoms with E-state index in [0.29, 0.717) is 44.5 Å². The lowest BCUT2D eigenvalue weighted by molar-refractivity contribution is -0.123. The van der Waals surface area contributed by atoms with Gasteiger partial charge in [-0.1, -0.05) is 0 Å². The first-order valence-corrected chi connectivity index (χ1v) is 9.14. The molecule has 1 aliphatic heterocycles. The molecule has 2 rings (SSSR count). The first kappa shape index (κ1) is 19.7. The molecular formula is C17H24BrN3O4. The van der Waals surface area contributed by atoms with Crippen molar-refractivity contribution in [1.29, 1.82) is 0 Å². The van der Waals surface area contributed by atoms with Gasteiger partial charge in [-0.05, 0) is 47.5 Å². The van der Waals surface area contributed by atoms with Gasteiger partial charge in [-0.25, -0.2) is 5.43 Å². The molecule has 0 radical (unpaired) electrons. The summed E-state index contributed by atoms with van der Waals surface area (Å²) in [7, 11) is 0. The Kier molecular flexibility index (Phi) is 8.17. The van der Waals surface area contributed by atoms with Gasteiger partial charge in [0.2, 0.25) is 0 Å². The summed E-state index contributed by atoms with van der Waals surface area (Å²) < 4.78 is 17.3. The zero-order chi connectivity index (χ0) is 18.1. The van der Waals surface area contributed by atoms with Gasteiger partial charge in [0.25, 0.3) is 5.91 Å². The summed E-state index contributed by atoms with van der Waals surface area (Å²) in [6, 6.07) is 3.70. The lowest BCUT2D eigenvalue weighted by Crippen LogP contribution is -2.42. The highest BCUT2D eigenvalue weighted by molar-refractivity contribution is 9.10. The van der Waals surface area contributed by atoms with E-state index in [1.165, 1.54) is 0 Å². The third kappa shape index (κ3) is 6.30. The molecule has 1 N–H and O–H groups in total. The van der Waals surface area contributed by atoms with Crippen molar-refractivity contribution in [2.24, 2.45) is 5.10 Å². The molecule has 1 amide bonds. The molecule has 0 unspecified atom stereocenters. The summed E-state index contributed by atoms with van der Waals surface area (Å²) in [5.74, 6) is 1.16. The Morgan fingerprint density at radius 2 is 2.04 bits per heavy atom. The number of amides is 1. The minimum atomic E-state index is -0.145. The van der Waals surface area contributed by atoms with Gasteiger partial charge in [0.15, 0.2) is 11.5 Å². The molecule has 8 heteroatoms. The molecule has 1 heterocycles. The maximum atomic E-state index is 11.9. The Labute approximate surface area is 156 Å². The van der Waals surface area contributed by atoms with Crippen LogP contribution in [-0.4, -0.2) is 63.1 Å². The van der Waals surface area contributed by atoms with E-state index in [-0.39, 0.29) is 5.91 Å². The summed E-state index contributed by atoms with van der Waals surface area (Å²) in [6.07, 6.45) is 1.58. The van der Waals surface area contributed by atoms with Crippen molar-refractivity contribution in [3.8, 4) is 11.5 Å².